The Balaban J connectivity index is 1.38. The van der Waals surface area contributed by atoms with Crippen LogP contribution in [0.25, 0.3) is 0 Å². The lowest BCUT2D eigenvalue weighted by atomic mass is 9.61. The van der Waals surface area contributed by atoms with Crippen molar-refractivity contribution >= 4 is 5.78 Å². The molecule has 3 unspecified atom stereocenters. The van der Waals surface area contributed by atoms with Gasteiger partial charge in [-0.1, -0.05) is 20.3 Å². The Bertz CT molecular complexity index is 493. The van der Waals surface area contributed by atoms with Gasteiger partial charge in [-0.2, -0.15) is 0 Å². The summed E-state index contributed by atoms with van der Waals surface area (Å²) in [5, 5.41) is 2.76. The number of Topliss-reactive ketones (excluding diaryl/α,β-unsaturated/α-hetero) is 1. The van der Waals surface area contributed by atoms with Crippen molar-refractivity contribution in [3.63, 3.8) is 0 Å². The molecule has 5 aliphatic heterocycles. The summed E-state index contributed by atoms with van der Waals surface area (Å²) in [7, 11) is 0. The van der Waals surface area contributed by atoms with Gasteiger partial charge in [-0.15, -0.1) is 0 Å². The highest BCUT2D eigenvalue weighted by molar-refractivity contribution is 5.92. The number of carbonyl (C=O) groups excluding carboxylic acids is 1. The summed E-state index contributed by atoms with van der Waals surface area (Å²) in [6.45, 7) is 8.43. The van der Waals surface area contributed by atoms with Crippen LogP contribution in [0.2, 0.25) is 0 Å². The quantitative estimate of drug-likeness (QED) is 0.778. The fourth-order valence-electron chi connectivity index (χ4n) is 7.08. The van der Waals surface area contributed by atoms with Crippen LogP contribution in [0.15, 0.2) is 0 Å². The van der Waals surface area contributed by atoms with E-state index in [1.807, 2.05) is 0 Å². The summed E-state index contributed by atoms with van der Waals surface area (Å²) >= 11 is 0. The molecule has 6 fully saturated rings. The molecule has 0 spiro atoms. The minimum absolute atomic E-state index is 0.107. The zero-order chi connectivity index (χ0) is 15.8. The standard InChI is InChI=1S/C19H31N3O/c1-18-9-21-11-19(2,17(18)23)12-22(10-18)16(21)15-8-7-13-5-3-4-6-14(13)20-15/h13-16,20H,3-12H2,1-2H3/p+1. The number of fused-ring (bicyclic) bond motifs is 1. The first-order chi connectivity index (χ1) is 11.0. The molecular formula is C19H32N3O+. The Morgan fingerprint density at radius 3 is 2.13 bits per heavy atom. The average molecular weight is 318 g/mol. The van der Waals surface area contributed by atoms with E-state index in [1.165, 1.54) is 38.5 Å². The molecule has 0 aromatic heterocycles. The van der Waals surface area contributed by atoms with Gasteiger partial charge < -0.3 is 5.32 Å². The molecule has 5 saturated heterocycles. The largest absolute Gasteiger partial charge is 0.339 e. The first-order valence-electron chi connectivity index (χ1n) is 9.87. The second-order valence-electron chi connectivity index (χ2n) is 9.82. The third-order valence-corrected chi connectivity index (χ3v) is 7.77. The van der Waals surface area contributed by atoms with Gasteiger partial charge in [-0.05, 0) is 25.7 Å². The summed E-state index contributed by atoms with van der Waals surface area (Å²) in [4.78, 5) is 18.2. The zero-order valence-electron chi connectivity index (χ0n) is 14.8. The van der Waals surface area contributed by atoms with Crippen molar-refractivity contribution in [3.05, 3.63) is 0 Å². The van der Waals surface area contributed by atoms with E-state index < -0.39 is 0 Å². The lowest BCUT2D eigenvalue weighted by molar-refractivity contribution is -0.746. The number of ketones is 1. The molecule has 0 aromatic carbocycles. The number of carbonyl (C=O) groups is 1. The van der Waals surface area contributed by atoms with Crippen molar-refractivity contribution in [1.29, 1.82) is 0 Å². The molecule has 0 aromatic rings. The maximum Gasteiger partial charge on any atom is 0.149 e. The third-order valence-electron chi connectivity index (χ3n) is 7.77. The molecule has 4 bridgehead atoms. The van der Waals surface area contributed by atoms with Crippen molar-refractivity contribution in [1.82, 2.24) is 9.80 Å². The Hall–Kier alpha value is -0.450. The Kier molecular flexibility index (Phi) is 3.10. The summed E-state index contributed by atoms with van der Waals surface area (Å²) in [5.74, 6) is 1.52. The average Bonchev–Trinajstić information content (AvgIpc) is 2.51. The van der Waals surface area contributed by atoms with E-state index in [0.717, 1.165) is 44.2 Å². The van der Waals surface area contributed by atoms with Crippen molar-refractivity contribution in [3.8, 4) is 0 Å². The molecule has 2 N–H and O–H groups in total. The van der Waals surface area contributed by atoms with Gasteiger partial charge in [-0.25, -0.2) is 0 Å². The monoisotopic (exact) mass is 318 g/mol. The van der Waals surface area contributed by atoms with Crippen LogP contribution in [0.4, 0.5) is 0 Å². The molecule has 5 heterocycles. The molecule has 1 saturated carbocycles. The normalized spacial score (nSPS) is 58.3. The van der Waals surface area contributed by atoms with Crippen LogP contribution in [-0.4, -0.2) is 60.0 Å². The van der Waals surface area contributed by atoms with Crippen molar-refractivity contribution in [2.45, 2.75) is 70.6 Å². The third kappa shape index (κ3) is 2.04. The number of quaternary nitrogens is 1. The lowest BCUT2D eigenvalue weighted by Gasteiger charge is -2.65. The van der Waals surface area contributed by atoms with Crippen LogP contribution in [-0.2, 0) is 4.79 Å². The number of hydrogen-bond acceptors (Lipinski definition) is 3. The van der Waals surface area contributed by atoms with Gasteiger partial charge in [0.1, 0.15) is 18.0 Å². The van der Waals surface area contributed by atoms with Crippen LogP contribution >= 0.6 is 0 Å². The van der Waals surface area contributed by atoms with E-state index in [4.69, 9.17) is 0 Å². The number of piperidine rings is 3. The van der Waals surface area contributed by atoms with Crippen molar-refractivity contribution in [2.75, 3.05) is 26.2 Å². The maximum absolute atomic E-state index is 12.8. The summed E-state index contributed by atoms with van der Waals surface area (Å²) in [6, 6.07) is 1.62. The predicted molar refractivity (Wildman–Crippen MR) is 88.8 cm³/mol. The number of rotatable bonds is 1. The highest BCUT2D eigenvalue weighted by atomic mass is 16.1. The Labute approximate surface area is 140 Å². The second kappa shape index (κ2) is 4.80. The second-order valence-corrected chi connectivity index (χ2v) is 9.82. The summed E-state index contributed by atoms with van der Waals surface area (Å²) < 4.78 is 0. The van der Waals surface area contributed by atoms with Crippen LogP contribution in [0.3, 0.4) is 0 Å². The topological polar surface area (TPSA) is 40.2 Å². The summed E-state index contributed by atoms with van der Waals surface area (Å²) in [5.41, 5.74) is -0.215. The van der Waals surface area contributed by atoms with Gasteiger partial charge >= 0.3 is 0 Å². The van der Waals surface area contributed by atoms with Crippen LogP contribution in [0.1, 0.15) is 52.4 Å². The smallest absolute Gasteiger partial charge is 0.149 e. The highest BCUT2D eigenvalue weighted by Gasteiger charge is 2.63. The first kappa shape index (κ1) is 14.9. The molecule has 4 nitrogen and oxygen atoms in total. The molecule has 6 rings (SSSR count). The molecule has 1 aliphatic carbocycles. The van der Waals surface area contributed by atoms with Gasteiger partial charge in [0.15, 0.2) is 0 Å². The molecule has 6 aliphatic rings. The van der Waals surface area contributed by atoms with Gasteiger partial charge in [0.2, 0.25) is 0 Å². The molecule has 128 valence electrons. The molecule has 0 amide bonds. The van der Waals surface area contributed by atoms with Gasteiger partial charge in [0.25, 0.3) is 0 Å². The zero-order valence-corrected chi connectivity index (χ0v) is 14.8. The minimum Gasteiger partial charge on any atom is -0.339 e. The first-order valence-corrected chi connectivity index (χ1v) is 9.87. The van der Waals surface area contributed by atoms with Gasteiger partial charge in [0.05, 0.1) is 16.9 Å². The number of nitrogens with zero attached hydrogens (tertiary/aromatic N) is 2. The van der Waals surface area contributed by atoms with Crippen molar-refractivity contribution < 1.29 is 10.1 Å². The minimum atomic E-state index is -0.107. The number of hydrogen-bond donors (Lipinski definition) is 1. The van der Waals surface area contributed by atoms with E-state index >= 15 is 0 Å². The predicted octanol–water partition coefficient (Wildman–Crippen LogP) is 0.824. The Morgan fingerprint density at radius 2 is 1.48 bits per heavy atom. The highest BCUT2D eigenvalue weighted by Crippen LogP contribution is 2.48. The van der Waals surface area contributed by atoms with E-state index in [2.05, 4.69) is 29.0 Å². The Morgan fingerprint density at radius 1 is 0.870 bits per heavy atom. The van der Waals surface area contributed by atoms with E-state index in [-0.39, 0.29) is 10.8 Å². The van der Waals surface area contributed by atoms with Crippen LogP contribution in [0.5, 0.6) is 0 Å². The van der Waals surface area contributed by atoms with E-state index in [0.29, 0.717) is 11.9 Å². The molecule has 23 heavy (non-hydrogen) atoms. The van der Waals surface area contributed by atoms with E-state index in [9.17, 15) is 4.79 Å². The van der Waals surface area contributed by atoms with E-state index in [1.54, 1.807) is 0 Å². The fraction of sp³-hybridized carbons (Fsp3) is 0.947. The van der Waals surface area contributed by atoms with Gasteiger partial charge in [0, 0.05) is 38.5 Å². The van der Waals surface area contributed by atoms with Gasteiger partial charge in [-0.3, -0.25) is 14.6 Å². The molecule has 3 atom stereocenters. The molecule has 0 radical (unpaired) electrons. The maximum atomic E-state index is 12.8. The SMILES string of the molecule is CC12CN3CC(C)(CN(C1)C3C1CCC3CCCCC3[NH2+]1)C2=O. The summed E-state index contributed by atoms with van der Waals surface area (Å²) in [6.07, 6.45) is 9.20. The number of nitrogens with two attached hydrogens (primary N) is 1. The fourth-order valence-corrected chi connectivity index (χ4v) is 7.08. The molecular weight excluding hydrogens is 286 g/mol. The molecule has 4 heteroatoms. The van der Waals surface area contributed by atoms with Crippen molar-refractivity contribution in [2.24, 2.45) is 16.7 Å². The van der Waals surface area contributed by atoms with Crippen LogP contribution < -0.4 is 5.32 Å². The van der Waals surface area contributed by atoms with Crippen LogP contribution in [0, 0.1) is 16.7 Å². The lowest BCUT2D eigenvalue weighted by Crippen LogP contribution is -3.02.